The molecule has 0 bridgehead atoms. The standard InChI is InChI=1S/C7H6ClNO.C6H10O4/c8-6-4-2-1-3-5(6)7(9)10;1-2-3-4(5(7)8)6(9)10/h1-4H,(H2,9,10);4H,2-3H2,1H3,(H,7,8)(H,9,10). The molecule has 1 aromatic rings. The molecule has 1 amide bonds. The zero-order valence-corrected chi connectivity index (χ0v) is 11.6. The van der Waals surface area contributed by atoms with Crippen LogP contribution < -0.4 is 5.73 Å². The minimum atomic E-state index is -1.26. The molecule has 0 aliphatic heterocycles. The SMILES string of the molecule is CCCC(C(=O)O)C(=O)O.NC(=O)c1ccccc1Cl. The molecule has 0 fully saturated rings. The van der Waals surface area contributed by atoms with Crippen LogP contribution in [0.25, 0.3) is 0 Å². The van der Waals surface area contributed by atoms with Crippen LogP contribution >= 0.6 is 11.6 Å². The number of hydrogen-bond donors (Lipinski definition) is 3. The second-order valence-corrected chi connectivity index (χ2v) is 4.27. The van der Waals surface area contributed by atoms with E-state index in [4.69, 9.17) is 27.5 Å². The number of hydrogen-bond acceptors (Lipinski definition) is 3. The number of halogens is 1. The molecule has 0 unspecified atom stereocenters. The van der Waals surface area contributed by atoms with Crippen molar-refractivity contribution in [3.05, 3.63) is 34.9 Å². The quantitative estimate of drug-likeness (QED) is 0.719. The molecule has 4 N–H and O–H groups in total. The summed E-state index contributed by atoms with van der Waals surface area (Å²) >= 11 is 5.62. The molecule has 0 aliphatic rings. The van der Waals surface area contributed by atoms with Gasteiger partial charge in [-0.1, -0.05) is 37.1 Å². The summed E-state index contributed by atoms with van der Waals surface area (Å²) in [5, 5.41) is 17.0. The molecule has 0 aliphatic carbocycles. The number of aliphatic carboxylic acids is 2. The van der Waals surface area contributed by atoms with Crippen LogP contribution in [0.5, 0.6) is 0 Å². The summed E-state index contributed by atoms with van der Waals surface area (Å²) in [7, 11) is 0. The van der Waals surface area contributed by atoms with Crippen molar-refractivity contribution in [2.24, 2.45) is 11.7 Å². The van der Waals surface area contributed by atoms with E-state index in [2.05, 4.69) is 0 Å². The Labute approximate surface area is 121 Å². The van der Waals surface area contributed by atoms with E-state index in [1.54, 1.807) is 31.2 Å². The maximum Gasteiger partial charge on any atom is 0.317 e. The Kier molecular flexibility index (Phi) is 8.00. The van der Waals surface area contributed by atoms with E-state index < -0.39 is 23.8 Å². The van der Waals surface area contributed by atoms with Crippen molar-refractivity contribution < 1.29 is 24.6 Å². The van der Waals surface area contributed by atoms with Gasteiger partial charge in [-0.05, 0) is 18.6 Å². The zero-order chi connectivity index (χ0) is 15.7. The molecule has 20 heavy (non-hydrogen) atoms. The van der Waals surface area contributed by atoms with Crippen molar-refractivity contribution in [2.75, 3.05) is 0 Å². The lowest BCUT2D eigenvalue weighted by molar-refractivity contribution is -0.154. The lowest BCUT2D eigenvalue weighted by Gasteiger charge is -2.02. The summed E-state index contributed by atoms with van der Waals surface area (Å²) in [6, 6.07) is 6.67. The second kappa shape index (κ2) is 8.92. The van der Waals surface area contributed by atoms with E-state index in [9.17, 15) is 14.4 Å². The number of amides is 1. The molecule has 7 heteroatoms. The topological polar surface area (TPSA) is 118 Å². The fraction of sp³-hybridized carbons (Fsp3) is 0.308. The number of primary amides is 1. The van der Waals surface area contributed by atoms with Gasteiger partial charge in [0.15, 0.2) is 5.92 Å². The van der Waals surface area contributed by atoms with E-state index in [1.165, 1.54) is 0 Å². The maximum atomic E-state index is 10.6. The number of nitrogens with two attached hydrogens (primary N) is 1. The fourth-order valence-corrected chi connectivity index (χ4v) is 1.53. The largest absolute Gasteiger partial charge is 0.481 e. The van der Waals surface area contributed by atoms with Gasteiger partial charge in [-0.3, -0.25) is 14.4 Å². The number of rotatable bonds is 5. The first-order valence-corrected chi connectivity index (χ1v) is 6.19. The highest BCUT2D eigenvalue weighted by atomic mass is 35.5. The first-order valence-electron chi connectivity index (χ1n) is 5.81. The Hall–Kier alpha value is -2.08. The number of carboxylic acid groups (broad SMARTS) is 2. The summed E-state index contributed by atoms with van der Waals surface area (Å²) in [6.45, 7) is 1.75. The van der Waals surface area contributed by atoms with Crippen LogP contribution in [0.1, 0.15) is 30.1 Å². The highest BCUT2D eigenvalue weighted by molar-refractivity contribution is 6.33. The Morgan fingerprint density at radius 2 is 1.70 bits per heavy atom. The van der Waals surface area contributed by atoms with Crippen LogP contribution in [0.15, 0.2) is 24.3 Å². The molecule has 0 atom stereocenters. The number of benzene rings is 1. The van der Waals surface area contributed by atoms with Crippen LogP contribution in [0.3, 0.4) is 0 Å². The Balaban J connectivity index is 0.000000361. The lowest BCUT2D eigenvalue weighted by atomic mass is 10.1. The third-order valence-corrected chi connectivity index (χ3v) is 2.64. The van der Waals surface area contributed by atoms with Crippen molar-refractivity contribution in [3.63, 3.8) is 0 Å². The average Bonchev–Trinajstić information content (AvgIpc) is 2.36. The average molecular weight is 302 g/mol. The zero-order valence-electron chi connectivity index (χ0n) is 10.9. The predicted octanol–water partition coefficient (Wildman–Crippen LogP) is 2.01. The van der Waals surface area contributed by atoms with Crippen LogP contribution in [0, 0.1) is 5.92 Å². The summed E-state index contributed by atoms with van der Waals surface area (Å²) in [6.07, 6.45) is 0.772. The highest BCUT2D eigenvalue weighted by Gasteiger charge is 2.23. The van der Waals surface area contributed by atoms with Gasteiger partial charge in [0.2, 0.25) is 5.91 Å². The van der Waals surface area contributed by atoms with Crippen LogP contribution in [-0.2, 0) is 9.59 Å². The van der Waals surface area contributed by atoms with E-state index in [-0.39, 0.29) is 6.42 Å². The number of carboxylic acids is 2. The molecular weight excluding hydrogens is 286 g/mol. The first kappa shape index (κ1) is 17.9. The van der Waals surface area contributed by atoms with E-state index in [0.29, 0.717) is 17.0 Å². The summed E-state index contributed by atoms with van der Waals surface area (Å²) in [5.74, 6) is -4.24. The second-order valence-electron chi connectivity index (χ2n) is 3.86. The van der Waals surface area contributed by atoms with Gasteiger partial charge in [0.1, 0.15) is 0 Å². The van der Waals surface area contributed by atoms with E-state index in [1.807, 2.05) is 0 Å². The minimum absolute atomic E-state index is 0.199. The highest BCUT2D eigenvalue weighted by Crippen LogP contribution is 2.13. The van der Waals surface area contributed by atoms with Crippen molar-refractivity contribution in [3.8, 4) is 0 Å². The fourth-order valence-electron chi connectivity index (χ4n) is 1.30. The summed E-state index contributed by atoms with van der Waals surface area (Å²) in [4.78, 5) is 30.9. The molecule has 0 spiro atoms. The third kappa shape index (κ3) is 6.19. The van der Waals surface area contributed by atoms with E-state index in [0.717, 1.165) is 0 Å². The minimum Gasteiger partial charge on any atom is -0.481 e. The lowest BCUT2D eigenvalue weighted by Crippen LogP contribution is -2.22. The monoisotopic (exact) mass is 301 g/mol. The van der Waals surface area contributed by atoms with Gasteiger partial charge in [0, 0.05) is 0 Å². The van der Waals surface area contributed by atoms with Gasteiger partial charge in [0.25, 0.3) is 0 Å². The van der Waals surface area contributed by atoms with Gasteiger partial charge in [-0.25, -0.2) is 0 Å². The molecule has 1 aromatic carbocycles. The molecule has 1 rings (SSSR count). The third-order valence-electron chi connectivity index (χ3n) is 2.31. The van der Waals surface area contributed by atoms with Crippen molar-refractivity contribution in [2.45, 2.75) is 19.8 Å². The van der Waals surface area contributed by atoms with Crippen LogP contribution in [0.2, 0.25) is 5.02 Å². The van der Waals surface area contributed by atoms with Gasteiger partial charge in [-0.2, -0.15) is 0 Å². The van der Waals surface area contributed by atoms with E-state index >= 15 is 0 Å². The van der Waals surface area contributed by atoms with Crippen molar-refractivity contribution >= 4 is 29.4 Å². The van der Waals surface area contributed by atoms with Gasteiger partial charge in [0.05, 0.1) is 10.6 Å². The predicted molar refractivity (Wildman–Crippen MR) is 73.6 cm³/mol. The number of carbonyl (C=O) groups excluding carboxylic acids is 1. The molecule has 0 aromatic heterocycles. The molecule has 0 saturated carbocycles. The molecule has 0 heterocycles. The summed E-state index contributed by atoms with van der Waals surface area (Å²) in [5.41, 5.74) is 5.36. The van der Waals surface area contributed by atoms with Gasteiger partial charge < -0.3 is 15.9 Å². The van der Waals surface area contributed by atoms with Crippen molar-refractivity contribution in [1.82, 2.24) is 0 Å². The molecule has 0 radical (unpaired) electrons. The maximum absolute atomic E-state index is 10.6. The number of carbonyl (C=O) groups is 3. The Bertz CT molecular complexity index is 475. The van der Waals surface area contributed by atoms with Crippen molar-refractivity contribution in [1.29, 1.82) is 0 Å². The summed E-state index contributed by atoms with van der Waals surface area (Å²) < 4.78 is 0. The molecule has 0 saturated heterocycles. The van der Waals surface area contributed by atoms with Gasteiger partial charge in [-0.15, -0.1) is 0 Å². The molecular formula is C13H16ClNO5. The molecule has 6 nitrogen and oxygen atoms in total. The Morgan fingerprint density at radius 3 is 1.95 bits per heavy atom. The Morgan fingerprint density at radius 1 is 1.20 bits per heavy atom. The van der Waals surface area contributed by atoms with Gasteiger partial charge >= 0.3 is 11.9 Å². The normalized spacial score (nSPS) is 9.55. The smallest absolute Gasteiger partial charge is 0.317 e. The first-order chi connectivity index (χ1) is 9.31. The molecule has 110 valence electrons. The van der Waals surface area contributed by atoms with Crippen LogP contribution in [-0.4, -0.2) is 28.1 Å². The van der Waals surface area contributed by atoms with Crippen LogP contribution in [0.4, 0.5) is 0 Å².